The zero-order chi connectivity index (χ0) is 26.7. The van der Waals surface area contributed by atoms with Gasteiger partial charge in [-0.3, -0.25) is 19.3 Å². The number of esters is 3. The number of benzene rings is 2. The molecule has 2 saturated heterocycles. The van der Waals surface area contributed by atoms with Crippen molar-refractivity contribution >= 4 is 17.9 Å². The smallest absolute Gasteiger partial charge is 0.324 e. The number of rotatable bonds is 6. The van der Waals surface area contributed by atoms with Crippen LogP contribution in [0.4, 0.5) is 0 Å². The molecule has 2 heterocycles. The standard InChI is InChI=1S/C28H33NO8/c1-28(2)36-16-19(24(37-28)18-14-10-7-11-15-18)29-22(17-12-8-6-9-13-17)20(25(30)33-3)21(26(31)34-4)23(29)27(32)35-5/h6-15,19-24H,16H2,1-5H3/t19-,20-,21-,22+,23-,24-/m0/s1. The average molecular weight is 512 g/mol. The van der Waals surface area contributed by atoms with Gasteiger partial charge in [-0.2, -0.15) is 0 Å². The molecule has 0 aliphatic carbocycles. The van der Waals surface area contributed by atoms with Gasteiger partial charge in [0.05, 0.1) is 51.9 Å². The molecule has 6 atom stereocenters. The summed E-state index contributed by atoms with van der Waals surface area (Å²) in [4.78, 5) is 41.7. The second-order valence-electron chi connectivity index (χ2n) is 9.60. The minimum Gasteiger partial charge on any atom is -0.469 e. The van der Waals surface area contributed by atoms with Gasteiger partial charge in [0, 0.05) is 0 Å². The van der Waals surface area contributed by atoms with E-state index in [1.54, 1.807) is 0 Å². The Balaban J connectivity index is 1.95. The van der Waals surface area contributed by atoms with Gasteiger partial charge in [-0.15, -0.1) is 0 Å². The van der Waals surface area contributed by atoms with Gasteiger partial charge in [-0.1, -0.05) is 60.7 Å². The van der Waals surface area contributed by atoms with E-state index < -0.39 is 59.8 Å². The average Bonchev–Trinajstić information content (AvgIpc) is 3.28. The number of carbonyl (C=O) groups is 3. The number of carbonyl (C=O) groups excluding carboxylic acids is 3. The Morgan fingerprint density at radius 1 is 0.784 bits per heavy atom. The van der Waals surface area contributed by atoms with E-state index in [-0.39, 0.29) is 6.61 Å². The molecule has 0 amide bonds. The minimum atomic E-state index is -1.18. The summed E-state index contributed by atoms with van der Waals surface area (Å²) < 4.78 is 28.0. The number of nitrogens with zero attached hydrogens (tertiary/aromatic N) is 1. The van der Waals surface area contributed by atoms with E-state index >= 15 is 0 Å². The normalized spacial score (nSPS) is 29.3. The van der Waals surface area contributed by atoms with E-state index in [1.165, 1.54) is 21.3 Å². The van der Waals surface area contributed by atoms with Crippen LogP contribution in [0, 0.1) is 11.8 Å². The molecule has 198 valence electrons. The Kier molecular flexibility index (Phi) is 7.96. The van der Waals surface area contributed by atoms with Crippen LogP contribution in [0.3, 0.4) is 0 Å². The van der Waals surface area contributed by atoms with Crippen LogP contribution >= 0.6 is 0 Å². The lowest BCUT2D eigenvalue weighted by Gasteiger charge is -2.47. The lowest BCUT2D eigenvalue weighted by atomic mass is 9.84. The largest absolute Gasteiger partial charge is 0.469 e. The molecule has 0 saturated carbocycles. The van der Waals surface area contributed by atoms with Gasteiger partial charge in [0.1, 0.15) is 12.1 Å². The number of methoxy groups -OCH3 is 3. The van der Waals surface area contributed by atoms with Gasteiger partial charge in [-0.05, 0) is 25.0 Å². The lowest BCUT2D eigenvalue weighted by Crippen LogP contribution is -2.56. The van der Waals surface area contributed by atoms with Crippen molar-refractivity contribution in [3.63, 3.8) is 0 Å². The third-order valence-corrected chi connectivity index (χ3v) is 7.11. The summed E-state index contributed by atoms with van der Waals surface area (Å²) in [5.41, 5.74) is 1.60. The molecule has 0 unspecified atom stereocenters. The summed E-state index contributed by atoms with van der Waals surface area (Å²) in [5.74, 6) is -5.13. The summed E-state index contributed by atoms with van der Waals surface area (Å²) in [5, 5.41) is 0. The summed E-state index contributed by atoms with van der Waals surface area (Å²) >= 11 is 0. The lowest BCUT2D eigenvalue weighted by molar-refractivity contribution is -0.300. The van der Waals surface area contributed by atoms with Crippen LogP contribution in [0.2, 0.25) is 0 Å². The van der Waals surface area contributed by atoms with Crippen LogP contribution in [-0.2, 0) is 38.1 Å². The highest BCUT2D eigenvalue weighted by atomic mass is 16.7. The monoisotopic (exact) mass is 511 g/mol. The van der Waals surface area contributed by atoms with E-state index in [2.05, 4.69) is 0 Å². The molecule has 0 bridgehead atoms. The van der Waals surface area contributed by atoms with Gasteiger partial charge in [0.15, 0.2) is 5.79 Å². The topological polar surface area (TPSA) is 101 Å². The summed E-state index contributed by atoms with van der Waals surface area (Å²) in [6.07, 6.45) is -0.544. The predicted molar refractivity (Wildman–Crippen MR) is 132 cm³/mol. The highest BCUT2D eigenvalue weighted by Gasteiger charge is 2.63. The van der Waals surface area contributed by atoms with Crippen molar-refractivity contribution in [2.75, 3.05) is 27.9 Å². The minimum absolute atomic E-state index is 0.172. The van der Waals surface area contributed by atoms with E-state index in [0.29, 0.717) is 0 Å². The van der Waals surface area contributed by atoms with E-state index in [4.69, 9.17) is 23.7 Å². The van der Waals surface area contributed by atoms with Crippen molar-refractivity contribution in [3.05, 3.63) is 71.8 Å². The maximum atomic E-state index is 13.4. The maximum absolute atomic E-state index is 13.4. The van der Waals surface area contributed by atoms with Crippen LogP contribution in [-0.4, -0.2) is 68.6 Å². The fourth-order valence-corrected chi connectivity index (χ4v) is 5.56. The summed E-state index contributed by atoms with van der Waals surface area (Å²) in [7, 11) is 3.74. The zero-order valence-electron chi connectivity index (χ0n) is 21.7. The SMILES string of the molecule is COC(=O)[C@H]1[C@H](C(=O)OC)[C@@H](c2ccccc2)N([C@H]2COC(C)(C)O[C@H]2c2ccccc2)[C@@H]1C(=O)OC. The first-order valence-corrected chi connectivity index (χ1v) is 12.2. The Hall–Kier alpha value is -3.27. The molecule has 0 N–H and O–H groups in total. The molecular formula is C28H33NO8. The van der Waals surface area contributed by atoms with Gasteiger partial charge in [-0.25, -0.2) is 0 Å². The molecule has 4 rings (SSSR count). The van der Waals surface area contributed by atoms with Crippen LogP contribution in [0.5, 0.6) is 0 Å². The molecule has 0 radical (unpaired) electrons. The fourth-order valence-electron chi connectivity index (χ4n) is 5.56. The molecule has 37 heavy (non-hydrogen) atoms. The number of likely N-dealkylation sites (tertiary alicyclic amines) is 1. The quantitative estimate of drug-likeness (QED) is 0.428. The maximum Gasteiger partial charge on any atom is 0.324 e. The fraction of sp³-hybridized carbons (Fsp3) is 0.464. The Bertz CT molecular complexity index is 1110. The van der Waals surface area contributed by atoms with Crippen molar-refractivity contribution in [2.45, 2.75) is 43.9 Å². The third-order valence-electron chi connectivity index (χ3n) is 7.11. The first-order valence-electron chi connectivity index (χ1n) is 12.2. The first-order chi connectivity index (χ1) is 17.7. The van der Waals surface area contributed by atoms with Crippen molar-refractivity contribution in [2.24, 2.45) is 11.8 Å². The summed E-state index contributed by atoms with van der Waals surface area (Å²) in [6.45, 7) is 3.82. The van der Waals surface area contributed by atoms with Crippen LogP contribution in [0.15, 0.2) is 60.7 Å². The van der Waals surface area contributed by atoms with Crippen molar-refractivity contribution in [3.8, 4) is 0 Å². The Morgan fingerprint density at radius 3 is 1.84 bits per heavy atom. The van der Waals surface area contributed by atoms with Crippen molar-refractivity contribution in [1.29, 1.82) is 0 Å². The number of ether oxygens (including phenoxy) is 5. The molecule has 0 aromatic heterocycles. The summed E-state index contributed by atoms with van der Waals surface area (Å²) in [6, 6.07) is 16.4. The Labute approximate surface area is 216 Å². The molecule has 2 aliphatic heterocycles. The molecule has 2 aromatic carbocycles. The van der Waals surface area contributed by atoms with Crippen molar-refractivity contribution in [1.82, 2.24) is 4.90 Å². The zero-order valence-corrected chi connectivity index (χ0v) is 21.7. The predicted octanol–water partition coefficient (Wildman–Crippen LogP) is 3.06. The van der Waals surface area contributed by atoms with E-state index in [9.17, 15) is 14.4 Å². The van der Waals surface area contributed by atoms with Gasteiger partial charge in [0.25, 0.3) is 0 Å². The van der Waals surface area contributed by atoms with Gasteiger partial charge < -0.3 is 23.7 Å². The molecule has 9 nitrogen and oxygen atoms in total. The molecule has 9 heteroatoms. The molecular weight excluding hydrogens is 478 g/mol. The second-order valence-corrected chi connectivity index (χ2v) is 9.60. The Morgan fingerprint density at radius 2 is 1.30 bits per heavy atom. The van der Waals surface area contributed by atoms with E-state index in [1.807, 2.05) is 79.4 Å². The van der Waals surface area contributed by atoms with Crippen LogP contribution in [0.25, 0.3) is 0 Å². The highest BCUT2D eigenvalue weighted by molar-refractivity contribution is 5.91. The first kappa shape index (κ1) is 26.8. The number of hydrogen-bond acceptors (Lipinski definition) is 9. The van der Waals surface area contributed by atoms with Crippen LogP contribution in [0.1, 0.15) is 37.1 Å². The number of hydrogen-bond donors (Lipinski definition) is 0. The van der Waals surface area contributed by atoms with Crippen molar-refractivity contribution < 1.29 is 38.1 Å². The van der Waals surface area contributed by atoms with E-state index in [0.717, 1.165) is 11.1 Å². The third kappa shape index (κ3) is 5.12. The molecule has 2 aliphatic rings. The second kappa shape index (κ2) is 11.0. The molecule has 2 fully saturated rings. The van der Waals surface area contributed by atoms with Gasteiger partial charge in [0.2, 0.25) is 0 Å². The van der Waals surface area contributed by atoms with Crippen LogP contribution < -0.4 is 0 Å². The highest BCUT2D eigenvalue weighted by Crippen LogP contribution is 2.51. The molecule has 0 spiro atoms. The van der Waals surface area contributed by atoms with Gasteiger partial charge >= 0.3 is 17.9 Å². The molecule has 2 aromatic rings.